The van der Waals surface area contributed by atoms with Crippen molar-refractivity contribution in [2.75, 3.05) is 0 Å². The molecule has 62 valence electrons. The van der Waals surface area contributed by atoms with Crippen LogP contribution < -0.4 is 0 Å². The molecule has 0 aliphatic carbocycles. The molecule has 1 aromatic heterocycles. The van der Waals surface area contributed by atoms with Gasteiger partial charge in [0, 0.05) is 24.7 Å². The van der Waals surface area contributed by atoms with Crippen LogP contribution in [0.3, 0.4) is 0 Å². The average Bonchev–Trinajstić information content (AvgIpc) is 2.55. The van der Waals surface area contributed by atoms with E-state index in [9.17, 15) is 4.79 Å². The van der Waals surface area contributed by atoms with Crippen molar-refractivity contribution in [1.29, 1.82) is 5.26 Å². The lowest BCUT2D eigenvalue weighted by Gasteiger charge is -2.05. The highest BCUT2D eigenvalue weighted by Gasteiger charge is 2.12. The molecule has 0 aliphatic heterocycles. The van der Waals surface area contributed by atoms with Crippen molar-refractivity contribution in [3.8, 4) is 6.07 Å². The summed E-state index contributed by atoms with van der Waals surface area (Å²) in [5.74, 6) is -0.246. The monoisotopic (exact) mass is 162 g/mol. The maximum Gasteiger partial charge on any atom is 0.234 e. The van der Waals surface area contributed by atoms with Crippen molar-refractivity contribution in [2.24, 2.45) is 5.92 Å². The normalized spacial score (nSPS) is 12.0. The minimum Gasteiger partial charge on any atom is -0.294 e. The van der Waals surface area contributed by atoms with Crippen LogP contribution in [0.1, 0.15) is 18.1 Å². The van der Waals surface area contributed by atoms with E-state index >= 15 is 0 Å². The number of nitrogens with zero attached hydrogens (tertiary/aromatic N) is 2. The SMILES string of the molecule is C[C@@H](CC#N)C(=O)n1cccc1. The number of rotatable bonds is 2. The van der Waals surface area contributed by atoms with Gasteiger partial charge >= 0.3 is 0 Å². The first-order valence-corrected chi connectivity index (χ1v) is 3.80. The fourth-order valence-electron chi connectivity index (χ4n) is 0.960. The zero-order chi connectivity index (χ0) is 8.97. The van der Waals surface area contributed by atoms with E-state index in [0.29, 0.717) is 0 Å². The van der Waals surface area contributed by atoms with E-state index in [1.807, 2.05) is 6.07 Å². The second-order valence-corrected chi connectivity index (χ2v) is 2.69. The molecule has 0 bridgehead atoms. The maximum atomic E-state index is 11.4. The second kappa shape index (κ2) is 3.72. The van der Waals surface area contributed by atoms with E-state index in [4.69, 9.17) is 5.26 Å². The quantitative estimate of drug-likeness (QED) is 0.664. The first kappa shape index (κ1) is 8.54. The van der Waals surface area contributed by atoms with Crippen molar-refractivity contribution in [3.05, 3.63) is 24.5 Å². The molecule has 0 aromatic carbocycles. The van der Waals surface area contributed by atoms with Gasteiger partial charge in [0.15, 0.2) is 0 Å². The van der Waals surface area contributed by atoms with Crippen LogP contribution in [-0.2, 0) is 0 Å². The lowest BCUT2D eigenvalue weighted by Crippen LogP contribution is -2.17. The summed E-state index contributed by atoms with van der Waals surface area (Å²) in [5.41, 5.74) is 0. The first-order chi connectivity index (χ1) is 5.75. The minimum atomic E-state index is -0.220. The Hall–Kier alpha value is -1.56. The molecule has 0 radical (unpaired) electrons. The zero-order valence-corrected chi connectivity index (χ0v) is 6.90. The largest absolute Gasteiger partial charge is 0.294 e. The summed E-state index contributed by atoms with van der Waals surface area (Å²) in [6, 6.07) is 5.55. The van der Waals surface area contributed by atoms with E-state index < -0.39 is 0 Å². The smallest absolute Gasteiger partial charge is 0.234 e. The van der Waals surface area contributed by atoms with Crippen LogP contribution in [0, 0.1) is 17.2 Å². The van der Waals surface area contributed by atoms with Crippen LogP contribution in [0.25, 0.3) is 0 Å². The number of nitriles is 1. The van der Waals surface area contributed by atoms with Crippen molar-refractivity contribution >= 4 is 5.91 Å². The van der Waals surface area contributed by atoms with Gasteiger partial charge in [-0.15, -0.1) is 0 Å². The van der Waals surface area contributed by atoms with Gasteiger partial charge in [-0.25, -0.2) is 0 Å². The summed E-state index contributed by atoms with van der Waals surface area (Å²) < 4.78 is 1.50. The molecule has 0 amide bonds. The van der Waals surface area contributed by atoms with Crippen LogP contribution in [0.5, 0.6) is 0 Å². The third kappa shape index (κ3) is 1.73. The highest BCUT2D eigenvalue weighted by Crippen LogP contribution is 2.05. The number of carbonyl (C=O) groups is 1. The standard InChI is InChI=1S/C9H10N2O/c1-8(4-5-10)9(12)11-6-2-3-7-11/h2-3,6-8H,4H2,1H3/t8-/m0/s1. The Kier molecular flexibility index (Phi) is 2.65. The Morgan fingerprint density at radius 1 is 1.58 bits per heavy atom. The zero-order valence-electron chi connectivity index (χ0n) is 6.90. The molecule has 0 N–H and O–H groups in total. The highest BCUT2D eigenvalue weighted by molar-refractivity contribution is 5.81. The van der Waals surface area contributed by atoms with Crippen LogP contribution in [0.2, 0.25) is 0 Å². The number of carbonyl (C=O) groups excluding carboxylic acids is 1. The summed E-state index contributed by atoms with van der Waals surface area (Å²) in [5, 5.41) is 8.37. The van der Waals surface area contributed by atoms with Crippen LogP contribution in [-0.4, -0.2) is 10.5 Å². The lowest BCUT2D eigenvalue weighted by molar-refractivity contribution is 0.0847. The van der Waals surface area contributed by atoms with Gasteiger partial charge < -0.3 is 0 Å². The molecule has 1 rings (SSSR count). The Morgan fingerprint density at radius 3 is 2.67 bits per heavy atom. The van der Waals surface area contributed by atoms with E-state index in [2.05, 4.69) is 0 Å². The van der Waals surface area contributed by atoms with E-state index in [1.165, 1.54) is 4.57 Å². The van der Waals surface area contributed by atoms with Gasteiger partial charge in [-0.3, -0.25) is 9.36 Å². The van der Waals surface area contributed by atoms with Crippen LogP contribution in [0.4, 0.5) is 0 Å². The average molecular weight is 162 g/mol. The Bertz CT molecular complexity index is 295. The molecule has 1 aromatic rings. The van der Waals surface area contributed by atoms with Gasteiger partial charge in [0.1, 0.15) is 0 Å². The molecule has 12 heavy (non-hydrogen) atoms. The predicted molar refractivity (Wildman–Crippen MR) is 44.5 cm³/mol. The fraction of sp³-hybridized carbons (Fsp3) is 0.333. The van der Waals surface area contributed by atoms with E-state index in [0.717, 1.165) is 0 Å². The maximum absolute atomic E-state index is 11.4. The van der Waals surface area contributed by atoms with Gasteiger partial charge in [-0.1, -0.05) is 6.92 Å². The molecular weight excluding hydrogens is 152 g/mol. The van der Waals surface area contributed by atoms with Gasteiger partial charge in [0.05, 0.1) is 6.07 Å². The molecule has 3 heteroatoms. The predicted octanol–water partition coefficient (Wildman–Crippen LogP) is 1.68. The molecule has 0 saturated heterocycles. The topological polar surface area (TPSA) is 45.8 Å². The summed E-state index contributed by atoms with van der Waals surface area (Å²) in [6.07, 6.45) is 3.66. The fourth-order valence-corrected chi connectivity index (χ4v) is 0.960. The molecule has 0 fully saturated rings. The molecule has 0 unspecified atom stereocenters. The Morgan fingerprint density at radius 2 is 2.17 bits per heavy atom. The van der Waals surface area contributed by atoms with Crippen molar-refractivity contribution in [2.45, 2.75) is 13.3 Å². The Labute approximate surface area is 71.2 Å². The third-order valence-corrected chi connectivity index (χ3v) is 1.68. The molecule has 0 spiro atoms. The van der Waals surface area contributed by atoms with E-state index in [-0.39, 0.29) is 18.2 Å². The van der Waals surface area contributed by atoms with Gasteiger partial charge in [-0.05, 0) is 12.1 Å². The van der Waals surface area contributed by atoms with Crippen molar-refractivity contribution in [3.63, 3.8) is 0 Å². The minimum absolute atomic E-state index is 0.0263. The van der Waals surface area contributed by atoms with Gasteiger partial charge in [-0.2, -0.15) is 5.26 Å². The summed E-state index contributed by atoms with van der Waals surface area (Å²) in [6.45, 7) is 1.76. The number of hydrogen-bond donors (Lipinski definition) is 0. The third-order valence-electron chi connectivity index (χ3n) is 1.68. The van der Waals surface area contributed by atoms with Crippen LogP contribution in [0.15, 0.2) is 24.5 Å². The molecule has 3 nitrogen and oxygen atoms in total. The lowest BCUT2D eigenvalue weighted by atomic mass is 10.1. The molecule has 1 heterocycles. The number of aromatic nitrogens is 1. The molecular formula is C9H10N2O. The van der Waals surface area contributed by atoms with Crippen LogP contribution >= 0.6 is 0 Å². The number of hydrogen-bond acceptors (Lipinski definition) is 2. The van der Waals surface area contributed by atoms with Crippen molar-refractivity contribution in [1.82, 2.24) is 4.57 Å². The second-order valence-electron chi connectivity index (χ2n) is 2.69. The molecule has 0 saturated carbocycles. The molecule has 0 aliphatic rings. The van der Waals surface area contributed by atoms with E-state index in [1.54, 1.807) is 31.5 Å². The summed E-state index contributed by atoms with van der Waals surface area (Å²) in [7, 11) is 0. The first-order valence-electron chi connectivity index (χ1n) is 3.80. The highest BCUT2D eigenvalue weighted by atomic mass is 16.2. The summed E-state index contributed by atoms with van der Waals surface area (Å²) in [4.78, 5) is 11.4. The Balaban J connectivity index is 2.67. The summed E-state index contributed by atoms with van der Waals surface area (Å²) >= 11 is 0. The molecule has 1 atom stereocenters. The van der Waals surface area contributed by atoms with Gasteiger partial charge in [0.2, 0.25) is 5.91 Å². The van der Waals surface area contributed by atoms with Gasteiger partial charge in [0.25, 0.3) is 0 Å². The van der Waals surface area contributed by atoms with Crippen molar-refractivity contribution < 1.29 is 4.79 Å².